The zero-order valence-electron chi connectivity index (χ0n) is 16.2. The average Bonchev–Trinajstić information content (AvgIpc) is 3.03. The van der Waals surface area contributed by atoms with Crippen LogP contribution < -0.4 is 10.6 Å². The minimum atomic E-state index is 0. The number of aromatic nitrogens is 1. The van der Waals surface area contributed by atoms with E-state index in [9.17, 15) is 0 Å². The summed E-state index contributed by atoms with van der Waals surface area (Å²) in [6.45, 7) is 6.86. The highest BCUT2D eigenvalue weighted by Gasteiger charge is 2.19. The monoisotopic (exact) mass is 471 g/mol. The largest absolute Gasteiger partial charge is 0.444 e. The first-order valence-electron chi connectivity index (χ1n) is 8.49. The van der Waals surface area contributed by atoms with Crippen molar-refractivity contribution in [3.8, 4) is 11.5 Å². The molecule has 1 aromatic heterocycles. The quantitative estimate of drug-likeness (QED) is 0.369. The van der Waals surface area contributed by atoms with Gasteiger partial charge in [-0.1, -0.05) is 32.0 Å². The third kappa shape index (κ3) is 7.33. The van der Waals surface area contributed by atoms with Crippen LogP contribution in [0.25, 0.3) is 11.5 Å². The second kappa shape index (κ2) is 10.5. The summed E-state index contributed by atoms with van der Waals surface area (Å²) in [6.07, 6.45) is 1.68. The highest BCUT2D eigenvalue weighted by molar-refractivity contribution is 14.0. The maximum absolute atomic E-state index is 5.56. The van der Waals surface area contributed by atoms with Crippen molar-refractivity contribution in [2.24, 2.45) is 10.4 Å². The van der Waals surface area contributed by atoms with Crippen LogP contribution in [0.1, 0.15) is 19.5 Å². The van der Waals surface area contributed by atoms with Gasteiger partial charge < -0.3 is 20.0 Å². The van der Waals surface area contributed by atoms with Crippen LogP contribution in [0.5, 0.6) is 0 Å². The summed E-state index contributed by atoms with van der Waals surface area (Å²) in [7, 11) is 5.94. The van der Waals surface area contributed by atoms with E-state index in [0.717, 1.165) is 30.3 Å². The number of guanidine groups is 1. The van der Waals surface area contributed by atoms with Gasteiger partial charge in [-0.05, 0) is 31.6 Å². The molecule has 0 spiro atoms. The summed E-state index contributed by atoms with van der Waals surface area (Å²) < 4.78 is 5.56. The molecule has 7 heteroatoms. The molecule has 0 saturated heterocycles. The Labute approximate surface area is 173 Å². The smallest absolute Gasteiger partial charge is 0.226 e. The Kier molecular flexibility index (Phi) is 9.07. The fraction of sp³-hybridized carbons (Fsp3) is 0.474. The molecule has 0 bridgehead atoms. The van der Waals surface area contributed by atoms with Crippen LogP contribution >= 0.6 is 24.0 Å². The molecule has 0 aliphatic rings. The third-order valence-electron chi connectivity index (χ3n) is 3.71. The standard InChI is InChI=1S/C19H29N5O.HI/c1-19(2,14-24(4)5)13-22-18(20-3)21-11-16-12-25-17(23-16)15-9-7-6-8-10-15;/h6-10,12H,11,13-14H2,1-5H3,(H2,20,21,22);1H. The Morgan fingerprint density at radius 2 is 1.88 bits per heavy atom. The Hall–Kier alpha value is -1.61. The molecule has 1 aromatic carbocycles. The highest BCUT2D eigenvalue weighted by Crippen LogP contribution is 2.17. The molecule has 26 heavy (non-hydrogen) atoms. The Balaban J connectivity index is 0.00000338. The van der Waals surface area contributed by atoms with Gasteiger partial charge in [-0.2, -0.15) is 0 Å². The molecule has 0 amide bonds. The second-order valence-electron chi connectivity index (χ2n) is 7.19. The molecule has 0 aliphatic heterocycles. The van der Waals surface area contributed by atoms with Crippen molar-refractivity contribution in [2.75, 3.05) is 34.2 Å². The molecule has 0 saturated carbocycles. The van der Waals surface area contributed by atoms with Crippen molar-refractivity contribution in [3.05, 3.63) is 42.3 Å². The van der Waals surface area contributed by atoms with Gasteiger partial charge in [0.1, 0.15) is 6.26 Å². The molecule has 2 N–H and O–H groups in total. The molecule has 6 nitrogen and oxygen atoms in total. The molecule has 144 valence electrons. The fourth-order valence-corrected chi connectivity index (χ4v) is 2.73. The van der Waals surface area contributed by atoms with Gasteiger partial charge in [0.05, 0.1) is 12.2 Å². The molecule has 0 unspecified atom stereocenters. The van der Waals surface area contributed by atoms with E-state index in [1.54, 1.807) is 13.3 Å². The molecule has 2 rings (SSSR count). The van der Waals surface area contributed by atoms with Crippen molar-refractivity contribution in [1.82, 2.24) is 20.5 Å². The number of hydrogen-bond acceptors (Lipinski definition) is 4. The van der Waals surface area contributed by atoms with Crippen LogP contribution in [-0.2, 0) is 6.54 Å². The maximum atomic E-state index is 5.56. The summed E-state index contributed by atoms with van der Waals surface area (Å²) >= 11 is 0. The first-order chi connectivity index (χ1) is 11.9. The number of oxazole rings is 1. The first kappa shape index (κ1) is 22.4. The molecule has 2 aromatic rings. The van der Waals surface area contributed by atoms with Gasteiger partial charge in [0.2, 0.25) is 5.89 Å². The zero-order chi connectivity index (χ0) is 18.3. The fourth-order valence-electron chi connectivity index (χ4n) is 2.73. The molecule has 1 heterocycles. The Morgan fingerprint density at radius 3 is 2.50 bits per heavy atom. The molecule has 0 aliphatic carbocycles. The zero-order valence-corrected chi connectivity index (χ0v) is 18.6. The lowest BCUT2D eigenvalue weighted by Gasteiger charge is -2.29. The average molecular weight is 471 g/mol. The summed E-state index contributed by atoms with van der Waals surface area (Å²) in [6, 6.07) is 9.88. The number of aliphatic imine (C=N–C) groups is 1. The number of rotatable bonds is 7. The van der Waals surface area contributed by atoms with Gasteiger partial charge in [0.15, 0.2) is 5.96 Å². The molecular weight excluding hydrogens is 441 g/mol. The van der Waals surface area contributed by atoms with E-state index < -0.39 is 0 Å². The van der Waals surface area contributed by atoms with E-state index >= 15 is 0 Å². The minimum Gasteiger partial charge on any atom is -0.444 e. The van der Waals surface area contributed by atoms with E-state index in [1.807, 2.05) is 30.3 Å². The van der Waals surface area contributed by atoms with Crippen molar-refractivity contribution in [3.63, 3.8) is 0 Å². The molecule has 0 fully saturated rings. The van der Waals surface area contributed by atoms with Crippen molar-refractivity contribution < 1.29 is 4.42 Å². The van der Waals surface area contributed by atoms with E-state index in [0.29, 0.717) is 12.4 Å². The lowest BCUT2D eigenvalue weighted by Crippen LogP contribution is -2.44. The lowest BCUT2D eigenvalue weighted by atomic mass is 9.93. The summed E-state index contributed by atoms with van der Waals surface area (Å²) in [5.41, 5.74) is 1.96. The number of benzene rings is 1. The molecular formula is C19H30IN5O. The summed E-state index contributed by atoms with van der Waals surface area (Å²) in [4.78, 5) is 11.0. The first-order valence-corrected chi connectivity index (χ1v) is 8.49. The number of halogens is 1. The van der Waals surface area contributed by atoms with Crippen LogP contribution in [0.2, 0.25) is 0 Å². The normalized spacial score (nSPS) is 12.0. The summed E-state index contributed by atoms with van der Waals surface area (Å²) in [5, 5.41) is 6.66. The van der Waals surface area contributed by atoms with Gasteiger partial charge in [-0.3, -0.25) is 4.99 Å². The van der Waals surface area contributed by atoms with E-state index in [-0.39, 0.29) is 29.4 Å². The molecule has 0 radical (unpaired) electrons. The highest BCUT2D eigenvalue weighted by atomic mass is 127. The van der Waals surface area contributed by atoms with Crippen molar-refractivity contribution >= 4 is 29.9 Å². The van der Waals surface area contributed by atoms with Crippen LogP contribution in [0.4, 0.5) is 0 Å². The van der Waals surface area contributed by atoms with Gasteiger partial charge in [0, 0.05) is 25.7 Å². The maximum Gasteiger partial charge on any atom is 0.226 e. The van der Waals surface area contributed by atoms with Crippen LogP contribution in [0.15, 0.2) is 46.0 Å². The van der Waals surface area contributed by atoms with Gasteiger partial charge in [-0.15, -0.1) is 24.0 Å². The topological polar surface area (TPSA) is 65.7 Å². The third-order valence-corrected chi connectivity index (χ3v) is 3.71. The predicted molar refractivity (Wildman–Crippen MR) is 118 cm³/mol. The van der Waals surface area contributed by atoms with Crippen molar-refractivity contribution in [2.45, 2.75) is 20.4 Å². The number of hydrogen-bond donors (Lipinski definition) is 2. The van der Waals surface area contributed by atoms with E-state index in [1.165, 1.54) is 0 Å². The minimum absolute atomic E-state index is 0. The van der Waals surface area contributed by atoms with E-state index in [2.05, 4.69) is 53.5 Å². The van der Waals surface area contributed by atoms with Gasteiger partial charge in [0.25, 0.3) is 0 Å². The van der Waals surface area contributed by atoms with Crippen LogP contribution in [-0.4, -0.2) is 50.1 Å². The predicted octanol–water partition coefficient (Wildman–Crippen LogP) is 3.21. The molecule has 0 atom stereocenters. The Bertz CT molecular complexity index is 682. The second-order valence-corrected chi connectivity index (χ2v) is 7.19. The SMILES string of the molecule is CN=C(NCc1coc(-c2ccccc2)n1)NCC(C)(C)CN(C)C.I. The van der Waals surface area contributed by atoms with Gasteiger partial charge in [-0.25, -0.2) is 4.98 Å². The number of nitrogens with one attached hydrogen (secondary N) is 2. The Morgan fingerprint density at radius 1 is 1.19 bits per heavy atom. The van der Waals surface area contributed by atoms with Crippen LogP contribution in [0, 0.1) is 5.41 Å². The number of nitrogens with zero attached hydrogens (tertiary/aromatic N) is 3. The van der Waals surface area contributed by atoms with Crippen LogP contribution in [0.3, 0.4) is 0 Å². The summed E-state index contributed by atoms with van der Waals surface area (Å²) in [5.74, 6) is 1.39. The van der Waals surface area contributed by atoms with E-state index in [4.69, 9.17) is 4.42 Å². The van der Waals surface area contributed by atoms with Crippen molar-refractivity contribution in [1.29, 1.82) is 0 Å². The lowest BCUT2D eigenvalue weighted by molar-refractivity contribution is 0.241. The van der Waals surface area contributed by atoms with Gasteiger partial charge >= 0.3 is 0 Å².